The van der Waals surface area contributed by atoms with Crippen LogP contribution in [0.3, 0.4) is 0 Å². The number of benzene rings is 2. The summed E-state index contributed by atoms with van der Waals surface area (Å²) in [6.45, 7) is 0. The number of ether oxygens (including phenoxy) is 1. The first kappa shape index (κ1) is 19.4. The maximum atomic E-state index is 13.6. The van der Waals surface area contributed by atoms with Gasteiger partial charge in [-0.15, -0.1) is 0 Å². The fourth-order valence-electron chi connectivity index (χ4n) is 2.64. The number of carbonyl (C=O) groups is 1. The van der Waals surface area contributed by atoms with Crippen LogP contribution in [-0.4, -0.2) is 40.7 Å². The van der Waals surface area contributed by atoms with Gasteiger partial charge in [-0.25, -0.2) is 0 Å². The molecule has 2 aromatic carbocycles. The lowest BCUT2D eigenvalue weighted by Crippen LogP contribution is -2.56. The standard InChI is InChI=1S/C18H14BrF3N2O3/c1-27-14-8-4-11(5-9-14)15-10-17(26,18(20,21)22)24(23-15)16(25)12-2-6-13(19)7-3-12/h2-9,26H,10H2,1H3/t17-/m1/s1. The Hall–Kier alpha value is -2.39. The van der Waals surface area contributed by atoms with Gasteiger partial charge in [-0.2, -0.15) is 23.3 Å². The van der Waals surface area contributed by atoms with Gasteiger partial charge in [0.25, 0.3) is 11.6 Å². The Morgan fingerprint density at radius 2 is 1.78 bits per heavy atom. The monoisotopic (exact) mass is 442 g/mol. The Kier molecular flexibility index (Phi) is 5.00. The van der Waals surface area contributed by atoms with Crippen molar-refractivity contribution in [2.75, 3.05) is 7.11 Å². The third-order valence-corrected chi connectivity index (χ3v) is 4.67. The molecule has 2 aromatic rings. The zero-order chi connectivity index (χ0) is 19.8. The molecule has 1 aliphatic heterocycles. The van der Waals surface area contributed by atoms with Crippen molar-refractivity contribution in [2.45, 2.75) is 18.3 Å². The fourth-order valence-corrected chi connectivity index (χ4v) is 2.90. The Bertz CT molecular complexity index is 882. The molecule has 1 amide bonds. The molecule has 142 valence electrons. The molecule has 5 nitrogen and oxygen atoms in total. The minimum Gasteiger partial charge on any atom is -0.497 e. The molecular weight excluding hydrogens is 429 g/mol. The van der Waals surface area contributed by atoms with Crippen LogP contribution in [0.5, 0.6) is 5.75 Å². The van der Waals surface area contributed by atoms with Crippen molar-refractivity contribution in [1.29, 1.82) is 0 Å². The molecule has 1 atom stereocenters. The smallest absolute Gasteiger partial charge is 0.438 e. The molecule has 0 aromatic heterocycles. The second kappa shape index (κ2) is 6.97. The molecular formula is C18H14BrF3N2O3. The quantitative estimate of drug-likeness (QED) is 0.782. The highest BCUT2D eigenvalue weighted by Gasteiger charge is 2.63. The molecule has 1 aliphatic rings. The average molecular weight is 443 g/mol. The van der Waals surface area contributed by atoms with Crippen molar-refractivity contribution in [3.8, 4) is 5.75 Å². The van der Waals surface area contributed by atoms with Gasteiger partial charge in [-0.05, 0) is 54.1 Å². The summed E-state index contributed by atoms with van der Waals surface area (Å²) < 4.78 is 46.5. The number of hydrogen-bond acceptors (Lipinski definition) is 4. The van der Waals surface area contributed by atoms with Gasteiger partial charge in [0, 0.05) is 10.0 Å². The molecule has 27 heavy (non-hydrogen) atoms. The van der Waals surface area contributed by atoms with Crippen LogP contribution in [0.1, 0.15) is 22.3 Å². The van der Waals surface area contributed by atoms with Gasteiger partial charge in [0.2, 0.25) is 0 Å². The van der Waals surface area contributed by atoms with E-state index in [4.69, 9.17) is 4.74 Å². The summed E-state index contributed by atoms with van der Waals surface area (Å²) in [5.74, 6) is -0.530. The maximum absolute atomic E-state index is 13.6. The number of aliphatic hydroxyl groups is 1. The Morgan fingerprint density at radius 1 is 1.19 bits per heavy atom. The van der Waals surface area contributed by atoms with Gasteiger partial charge in [0.05, 0.1) is 19.2 Å². The van der Waals surface area contributed by atoms with Gasteiger partial charge in [-0.3, -0.25) is 4.79 Å². The number of hydrogen-bond donors (Lipinski definition) is 1. The van der Waals surface area contributed by atoms with E-state index in [-0.39, 0.29) is 16.3 Å². The Morgan fingerprint density at radius 3 is 2.30 bits per heavy atom. The summed E-state index contributed by atoms with van der Waals surface area (Å²) in [5.41, 5.74) is -3.15. The van der Waals surface area contributed by atoms with Crippen LogP contribution >= 0.6 is 15.9 Å². The van der Waals surface area contributed by atoms with Gasteiger partial charge in [0.1, 0.15) is 5.75 Å². The van der Waals surface area contributed by atoms with Crippen LogP contribution < -0.4 is 4.74 Å². The summed E-state index contributed by atoms with van der Waals surface area (Å²) in [7, 11) is 1.46. The second-order valence-electron chi connectivity index (χ2n) is 5.89. The van der Waals surface area contributed by atoms with Gasteiger partial charge < -0.3 is 9.84 Å². The van der Waals surface area contributed by atoms with Crippen LogP contribution in [0.2, 0.25) is 0 Å². The highest BCUT2D eigenvalue weighted by Crippen LogP contribution is 2.42. The third kappa shape index (κ3) is 3.57. The number of rotatable bonds is 3. The molecule has 0 radical (unpaired) electrons. The van der Waals surface area contributed by atoms with E-state index in [0.29, 0.717) is 15.8 Å². The van der Waals surface area contributed by atoms with Crippen molar-refractivity contribution in [2.24, 2.45) is 5.10 Å². The molecule has 1 heterocycles. The van der Waals surface area contributed by atoms with Crippen molar-refractivity contribution in [1.82, 2.24) is 5.01 Å². The Balaban J connectivity index is 2.01. The van der Waals surface area contributed by atoms with Crippen molar-refractivity contribution >= 4 is 27.5 Å². The largest absolute Gasteiger partial charge is 0.497 e. The first-order valence-electron chi connectivity index (χ1n) is 7.77. The first-order valence-corrected chi connectivity index (χ1v) is 8.56. The normalized spacial score (nSPS) is 19.8. The number of hydrazone groups is 1. The summed E-state index contributed by atoms with van der Waals surface area (Å²) in [5, 5.41) is 14.3. The maximum Gasteiger partial charge on any atom is 0.438 e. The number of amides is 1. The topological polar surface area (TPSA) is 62.1 Å². The SMILES string of the molecule is COc1ccc(C2=NN(C(=O)c3ccc(Br)cc3)[C@](O)(C(F)(F)F)C2)cc1. The summed E-state index contributed by atoms with van der Waals surface area (Å²) in [4.78, 5) is 12.6. The van der Waals surface area contributed by atoms with E-state index in [0.717, 1.165) is 0 Å². The second-order valence-corrected chi connectivity index (χ2v) is 6.81. The zero-order valence-electron chi connectivity index (χ0n) is 14.0. The molecule has 9 heteroatoms. The molecule has 0 aliphatic carbocycles. The number of alkyl halides is 3. The lowest BCUT2D eigenvalue weighted by molar-refractivity contribution is -0.297. The summed E-state index contributed by atoms with van der Waals surface area (Å²) in [6, 6.07) is 11.9. The molecule has 0 saturated heterocycles. The molecule has 0 unspecified atom stereocenters. The van der Waals surface area contributed by atoms with E-state index in [9.17, 15) is 23.1 Å². The van der Waals surface area contributed by atoms with Crippen LogP contribution in [0.25, 0.3) is 0 Å². The van der Waals surface area contributed by atoms with Crippen LogP contribution in [0.15, 0.2) is 58.1 Å². The van der Waals surface area contributed by atoms with Crippen molar-refractivity contribution < 1.29 is 27.8 Å². The van der Waals surface area contributed by atoms with Crippen molar-refractivity contribution in [3.05, 3.63) is 64.1 Å². The molecule has 0 saturated carbocycles. The number of methoxy groups -OCH3 is 1. The van der Waals surface area contributed by atoms with Crippen LogP contribution in [-0.2, 0) is 0 Å². The molecule has 0 spiro atoms. The van der Waals surface area contributed by atoms with Gasteiger partial charge >= 0.3 is 6.18 Å². The van der Waals surface area contributed by atoms with E-state index in [1.54, 1.807) is 12.1 Å². The average Bonchev–Trinajstić information content (AvgIpc) is 3.01. The lowest BCUT2D eigenvalue weighted by Gasteiger charge is -2.32. The Labute approximate surface area is 161 Å². The summed E-state index contributed by atoms with van der Waals surface area (Å²) in [6.07, 6.45) is -5.96. The molecule has 1 N–H and O–H groups in total. The number of halogens is 4. The molecule has 0 fully saturated rings. The minimum absolute atomic E-state index is 0.0272. The minimum atomic E-state index is -5.09. The first-order chi connectivity index (χ1) is 12.7. The zero-order valence-corrected chi connectivity index (χ0v) is 15.6. The number of carbonyl (C=O) groups excluding carboxylic acids is 1. The predicted octanol–water partition coefficient (Wildman–Crippen LogP) is 3.96. The van der Waals surface area contributed by atoms with Crippen LogP contribution in [0.4, 0.5) is 13.2 Å². The highest BCUT2D eigenvalue weighted by atomic mass is 79.9. The highest BCUT2D eigenvalue weighted by molar-refractivity contribution is 9.10. The fraction of sp³-hybridized carbons (Fsp3) is 0.222. The van der Waals surface area contributed by atoms with Gasteiger partial charge in [0.15, 0.2) is 0 Å². The predicted molar refractivity (Wildman–Crippen MR) is 95.5 cm³/mol. The number of nitrogens with zero attached hydrogens (tertiary/aromatic N) is 2. The van der Waals surface area contributed by atoms with Gasteiger partial charge in [-0.1, -0.05) is 15.9 Å². The van der Waals surface area contributed by atoms with Crippen molar-refractivity contribution in [3.63, 3.8) is 0 Å². The summed E-state index contributed by atoms with van der Waals surface area (Å²) >= 11 is 3.19. The third-order valence-electron chi connectivity index (χ3n) is 4.15. The lowest BCUT2D eigenvalue weighted by atomic mass is 10.0. The van der Waals surface area contributed by atoms with E-state index in [2.05, 4.69) is 21.0 Å². The molecule has 3 rings (SSSR count). The van der Waals surface area contributed by atoms with E-state index in [1.807, 2.05) is 0 Å². The van der Waals surface area contributed by atoms with E-state index < -0.39 is 24.2 Å². The van der Waals surface area contributed by atoms with E-state index in [1.165, 1.54) is 43.5 Å². The van der Waals surface area contributed by atoms with E-state index >= 15 is 0 Å². The van der Waals surface area contributed by atoms with Crippen LogP contribution in [0, 0.1) is 0 Å². The molecule has 0 bridgehead atoms.